The Morgan fingerprint density at radius 1 is 1.33 bits per heavy atom. The van der Waals surface area contributed by atoms with Gasteiger partial charge in [0.05, 0.1) is 12.1 Å². The Labute approximate surface area is 110 Å². The van der Waals surface area contributed by atoms with Crippen molar-refractivity contribution in [2.24, 2.45) is 5.92 Å². The molecule has 0 aromatic rings. The molecular formula is C14H26N2O2. The van der Waals surface area contributed by atoms with Crippen LogP contribution in [0.1, 0.15) is 39.0 Å². The lowest BCUT2D eigenvalue weighted by molar-refractivity contribution is -0.134. The first-order valence-electron chi connectivity index (χ1n) is 7.14. The van der Waals surface area contributed by atoms with E-state index in [1.54, 1.807) is 7.11 Å². The number of hydrogen-bond donors (Lipinski definition) is 1. The molecule has 18 heavy (non-hydrogen) atoms. The Bertz CT molecular complexity index is 296. The summed E-state index contributed by atoms with van der Waals surface area (Å²) in [6.45, 7) is 3.08. The number of rotatable bonds is 3. The number of ether oxygens (including phenoxy) is 1. The number of hydrogen-bond acceptors (Lipinski definition) is 3. The topological polar surface area (TPSA) is 41.6 Å². The summed E-state index contributed by atoms with van der Waals surface area (Å²) in [5, 5.41) is 3.27. The van der Waals surface area contributed by atoms with Crippen LogP contribution in [0.4, 0.5) is 0 Å². The van der Waals surface area contributed by atoms with Gasteiger partial charge in [-0.1, -0.05) is 19.8 Å². The molecule has 4 unspecified atom stereocenters. The van der Waals surface area contributed by atoms with Crippen LogP contribution in [0.25, 0.3) is 0 Å². The summed E-state index contributed by atoms with van der Waals surface area (Å²) in [4.78, 5) is 14.4. The van der Waals surface area contributed by atoms with Crippen LogP contribution in [0.5, 0.6) is 0 Å². The Morgan fingerprint density at radius 3 is 2.72 bits per heavy atom. The van der Waals surface area contributed by atoms with Gasteiger partial charge in [-0.05, 0) is 25.2 Å². The molecule has 1 amide bonds. The maximum atomic E-state index is 12.4. The molecule has 1 aliphatic heterocycles. The molecule has 1 heterocycles. The van der Waals surface area contributed by atoms with E-state index in [0.29, 0.717) is 6.04 Å². The predicted molar refractivity (Wildman–Crippen MR) is 71.4 cm³/mol. The van der Waals surface area contributed by atoms with Crippen LogP contribution in [-0.4, -0.2) is 49.7 Å². The first-order chi connectivity index (χ1) is 8.61. The molecule has 1 saturated carbocycles. The SMILES string of the molecule is COC1CNC(C(=O)N(C)C2CCCC(C)C2)C1. The molecule has 1 N–H and O–H groups in total. The number of methoxy groups -OCH3 is 1. The molecule has 1 aliphatic carbocycles. The average molecular weight is 254 g/mol. The van der Waals surface area contributed by atoms with Crippen molar-refractivity contribution < 1.29 is 9.53 Å². The maximum absolute atomic E-state index is 12.4. The second kappa shape index (κ2) is 6.02. The lowest BCUT2D eigenvalue weighted by atomic mass is 9.86. The molecule has 4 atom stereocenters. The zero-order valence-corrected chi connectivity index (χ0v) is 11.8. The van der Waals surface area contributed by atoms with Gasteiger partial charge in [-0.2, -0.15) is 0 Å². The van der Waals surface area contributed by atoms with Gasteiger partial charge >= 0.3 is 0 Å². The van der Waals surface area contributed by atoms with Crippen molar-refractivity contribution >= 4 is 5.91 Å². The second-order valence-corrected chi connectivity index (χ2v) is 5.93. The molecule has 0 spiro atoms. The first-order valence-corrected chi connectivity index (χ1v) is 7.14. The van der Waals surface area contributed by atoms with Gasteiger partial charge < -0.3 is 15.0 Å². The van der Waals surface area contributed by atoms with Gasteiger partial charge in [-0.15, -0.1) is 0 Å². The highest BCUT2D eigenvalue weighted by molar-refractivity contribution is 5.82. The third kappa shape index (κ3) is 3.04. The van der Waals surface area contributed by atoms with Crippen LogP contribution in [0.2, 0.25) is 0 Å². The molecule has 2 rings (SSSR count). The van der Waals surface area contributed by atoms with Gasteiger partial charge in [0.15, 0.2) is 0 Å². The van der Waals surface area contributed by atoms with Crippen molar-refractivity contribution in [3.8, 4) is 0 Å². The highest BCUT2D eigenvalue weighted by Gasteiger charge is 2.34. The summed E-state index contributed by atoms with van der Waals surface area (Å²) in [7, 11) is 3.68. The van der Waals surface area contributed by atoms with E-state index in [1.807, 2.05) is 11.9 Å². The summed E-state index contributed by atoms with van der Waals surface area (Å²) >= 11 is 0. The Morgan fingerprint density at radius 2 is 2.11 bits per heavy atom. The Kier molecular flexibility index (Phi) is 4.62. The molecule has 4 heteroatoms. The fourth-order valence-electron chi connectivity index (χ4n) is 3.25. The van der Waals surface area contributed by atoms with Gasteiger partial charge in [0, 0.05) is 26.7 Å². The van der Waals surface area contributed by atoms with Crippen molar-refractivity contribution in [3.05, 3.63) is 0 Å². The van der Waals surface area contributed by atoms with Crippen molar-refractivity contribution in [1.82, 2.24) is 10.2 Å². The summed E-state index contributed by atoms with van der Waals surface area (Å²) in [5.74, 6) is 0.996. The minimum atomic E-state index is -0.0443. The summed E-state index contributed by atoms with van der Waals surface area (Å²) in [6, 6.07) is 0.391. The Hall–Kier alpha value is -0.610. The molecule has 2 aliphatic rings. The van der Waals surface area contributed by atoms with Crippen LogP contribution >= 0.6 is 0 Å². The van der Waals surface area contributed by atoms with E-state index in [1.165, 1.54) is 12.8 Å². The standard InChI is InChI=1S/C14H26N2O2/c1-10-5-4-6-11(7-10)16(2)14(17)13-8-12(18-3)9-15-13/h10-13,15H,4-9H2,1-3H3. The molecule has 0 aromatic carbocycles. The van der Waals surface area contributed by atoms with Crippen LogP contribution in [0.15, 0.2) is 0 Å². The molecule has 4 nitrogen and oxygen atoms in total. The second-order valence-electron chi connectivity index (χ2n) is 5.93. The van der Waals surface area contributed by atoms with E-state index < -0.39 is 0 Å². The highest BCUT2D eigenvalue weighted by Crippen LogP contribution is 2.27. The van der Waals surface area contributed by atoms with Gasteiger partial charge in [0.1, 0.15) is 0 Å². The summed E-state index contributed by atoms with van der Waals surface area (Å²) in [5.41, 5.74) is 0. The quantitative estimate of drug-likeness (QED) is 0.828. The minimum Gasteiger partial charge on any atom is -0.380 e. The Balaban J connectivity index is 1.88. The van der Waals surface area contributed by atoms with Gasteiger partial charge in [-0.25, -0.2) is 0 Å². The monoisotopic (exact) mass is 254 g/mol. The van der Waals surface area contributed by atoms with E-state index in [-0.39, 0.29) is 18.1 Å². The van der Waals surface area contributed by atoms with Crippen LogP contribution in [-0.2, 0) is 9.53 Å². The van der Waals surface area contributed by atoms with E-state index in [9.17, 15) is 4.79 Å². The average Bonchev–Trinajstić information content (AvgIpc) is 2.85. The summed E-state index contributed by atoms with van der Waals surface area (Å²) in [6.07, 6.45) is 5.88. The minimum absolute atomic E-state index is 0.0443. The fraction of sp³-hybridized carbons (Fsp3) is 0.929. The number of carbonyl (C=O) groups is 1. The van der Waals surface area contributed by atoms with Gasteiger partial charge in [-0.3, -0.25) is 4.79 Å². The van der Waals surface area contributed by atoms with Crippen molar-refractivity contribution in [2.45, 2.75) is 57.2 Å². The van der Waals surface area contributed by atoms with Crippen LogP contribution in [0, 0.1) is 5.92 Å². The van der Waals surface area contributed by atoms with Gasteiger partial charge in [0.25, 0.3) is 0 Å². The molecule has 2 fully saturated rings. The molecule has 0 radical (unpaired) electrons. The zero-order chi connectivity index (χ0) is 13.1. The lowest BCUT2D eigenvalue weighted by Gasteiger charge is -2.35. The number of nitrogens with zero attached hydrogens (tertiary/aromatic N) is 1. The third-order valence-corrected chi connectivity index (χ3v) is 4.53. The number of likely N-dealkylation sites (N-methyl/N-ethyl adjacent to an activating group) is 1. The zero-order valence-electron chi connectivity index (χ0n) is 11.8. The number of carbonyl (C=O) groups excluding carboxylic acids is 1. The number of amides is 1. The molecule has 104 valence electrons. The van der Waals surface area contributed by atoms with Crippen molar-refractivity contribution in [3.63, 3.8) is 0 Å². The van der Waals surface area contributed by atoms with Crippen LogP contribution in [0.3, 0.4) is 0 Å². The molecule has 0 aromatic heterocycles. The highest BCUT2D eigenvalue weighted by atomic mass is 16.5. The van der Waals surface area contributed by atoms with Crippen molar-refractivity contribution in [1.29, 1.82) is 0 Å². The summed E-state index contributed by atoms with van der Waals surface area (Å²) < 4.78 is 5.30. The first kappa shape index (κ1) is 13.8. The van der Waals surface area contributed by atoms with E-state index in [0.717, 1.165) is 31.7 Å². The van der Waals surface area contributed by atoms with Crippen LogP contribution < -0.4 is 5.32 Å². The smallest absolute Gasteiger partial charge is 0.239 e. The molecule has 0 bridgehead atoms. The third-order valence-electron chi connectivity index (χ3n) is 4.53. The number of nitrogens with one attached hydrogen (secondary N) is 1. The molecule has 1 saturated heterocycles. The van der Waals surface area contributed by atoms with E-state index >= 15 is 0 Å². The largest absolute Gasteiger partial charge is 0.380 e. The van der Waals surface area contributed by atoms with E-state index in [4.69, 9.17) is 4.74 Å². The van der Waals surface area contributed by atoms with Gasteiger partial charge in [0.2, 0.25) is 5.91 Å². The normalized spacial score (nSPS) is 36.6. The maximum Gasteiger partial charge on any atom is 0.239 e. The van der Waals surface area contributed by atoms with Crippen molar-refractivity contribution in [2.75, 3.05) is 20.7 Å². The fourth-order valence-corrected chi connectivity index (χ4v) is 3.25. The lowest BCUT2D eigenvalue weighted by Crippen LogP contribution is -2.47. The molecular weight excluding hydrogens is 228 g/mol. The predicted octanol–water partition coefficient (Wildman–Crippen LogP) is 1.40. The van der Waals surface area contributed by atoms with E-state index in [2.05, 4.69) is 12.2 Å².